The summed E-state index contributed by atoms with van der Waals surface area (Å²) in [5.41, 5.74) is 6.13. The largest absolute Gasteiger partial charge is 0.298 e. The maximum Gasteiger partial charge on any atom is 0.288 e. The number of amides is 1. The van der Waals surface area contributed by atoms with Crippen molar-refractivity contribution in [3.8, 4) is 0 Å². The number of anilines is 1. The molecule has 2 aromatic rings. The molecule has 0 aliphatic rings. The fourth-order valence-corrected chi connectivity index (χ4v) is 1.84. The van der Waals surface area contributed by atoms with Crippen LogP contribution in [0.4, 0.5) is 5.69 Å². The second kappa shape index (κ2) is 5.71. The summed E-state index contributed by atoms with van der Waals surface area (Å²) in [4.78, 5) is 15.6. The second-order valence-corrected chi connectivity index (χ2v) is 4.33. The van der Waals surface area contributed by atoms with Gasteiger partial charge in [0.05, 0.1) is 5.69 Å². The molecule has 1 amide bonds. The normalized spacial score (nSPS) is 9.89. The summed E-state index contributed by atoms with van der Waals surface area (Å²) in [6, 6.07) is 9.98. The van der Waals surface area contributed by atoms with Gasteiger partial charge in [0, 0.05) is 16.2 Å². The van der Waals surface area contributed by atoms with Gasteiger partial charge in [-0.25, -0.2) is 0 Å². The molecule has 0 unspecified atom stereocenters. The molecule has 1 aromatic heterocycles. The third-order valence-corrected chi connectivity index (χ3v) is 2.52. The average Bonchev–Trinajstić information content (AvgIpc) is 2.36. The van der Waals surface area contributed by atoms with Crippen LogP contribution in [0, 0.1) is 0 Å². The summed E-state index contributed by atoms with van der Waals surface area (Å²) in [6.07, 6.45) is 1.55. The van der Waals surface area contributed by atoms with E-state index in [0.717, 1.165) is 0 Å². The van der Waals surface area contributed by atoms with Crippen LogP contribution in [0.3, 0.4) is 0 Å². The Morgan fingerprint density at radius 3 is 2.44 bits per heavy atom. The lowest BCUT2D eigenvalue weighted by Gasteiger charge is -2.08. The summed E-state index contributed by atoms with van der Waals surface area (Å²) >= 11 is 11.7. The lowest BCUT2D eigenvalue weighted by atomic mass is 10.3. The van der Waals surface area contributed by atoms with E-state index in [9.17, 15) is 4.79 Å². The minimum Gasteiger partial charge on any atom is -0.298 e. The molecular formula is C12H9Cl2N3O. The Balaban J connectivity index is 2.02. The highest BCUT2D eigenvalue weighted by Crippen LogP contribution is 2.21. The van der Waals surface area contributed by atoms with Gasteiger partial charge in [0.25, 0.3) is 5.91 Å². The van der Waals surface area contributed by atoms with E-state index in [2.05, 4.69) is 15.8 Å². The number of rotatable bonds is 3. The third kappa shape index (κ3) is 3.35. The third-order valence-electron chi connectivity index (χ3n) is 2.08. The predicted octanol–water partition coefficient (Wildman–Crippen LogP) is 3.15. The van der Waals surface area contributed by atoms with E-state index in [1.54, 1.807) is 42.6 Å². The van der Waals surface area contributed by atoms with Crippen molar-refractivity contribution in [1.29, 1.82) is 0 Å². The number of hydrazine groups is 1. The Kier molecular flexibility index (Phi) is 4.02. The SMILES string of the molecule is O=C(NNc1cc(Cl)cc(Cl)c1)c1ccccn1. The van der Waals surface area contributed by atoms with Gasteiger partial charge in [-0.15, -0.1) is 0 Å². The van der Waals surface area contributed by atoms with Crippen molar-refractivity contribution in [2.45, 2.75) is 0 Å². The molecule has 0 aliphatic carbocycles. The molecule has 0 saturated heterocycles. The fraction of sp³-hybridized carbons (Fsp3) is 0. The first-order valence-corrected chi connectivity index (χ1v) is 5.84. The van der Waals surface area contributed by atoms with Crippen LogP contribution in [0.1, 0.15) is 10.5 Å². The zero-order chi connectivity index (χ0) is 13.0. The Labute approximate surface area is 114 Å². The van der Waals surface area contributed by atoms with Gasteiger partial charge < -0.3 is 0 Å². The highest BCUT2D eigenvalue weighted by atomic mass is 35.5. The average molecular weight is 282 g/mol. The lowest BCUT2D eigenvalue weighted by molar-refractivity contribution is 0.0958. The zero-order valence-corrected chi connectivity index (χ0v) is 10.7. The Hall–Kier alpha value is -1.78. The summed E-state index contributed by atoms with van der Waals surface area (Å²) in [7, 11) is 0. The van der Waals surface area contributed by atoms with Gasteiger partial charge >= 0.3 is 0 Å². The minimum atomic E-state index is -0.341. The molecule has 2 rings (SSSR count). The summed E-state index contributed by atoms with van der Waals surface area (Å²) in [5.74, 6) is -0.341. The number of pyridine rings is 1. The maximum absolute atomic E-state index is 11.7. The lowest BCUT2D eigenvalue weighted by Crippen LogP contribution is -2.29. The van der Waals surface area contributed by atoms with Crippen LogP contribution in [-0.2, 0) is 0 Å². The van der Waals surface area contributed by atoms with Crippen LogP contribution in [0.25, 0.3) is 0 Å². The molecule has 0 atom stereocenters. The number of carbonyl (C=O) groups is 1. The summed E-state index contributed by atoms with van der Waals surface area (Å²) in [5, 5.41) is 0.967. The molecule has 2 N–H and O–H groups in total. The number of nitrogens with zero attached hydrogens (tertiary/aromatic N) is 1. The molecule has 0 radical (unpaired) electrons. The van der Waals surface area contributed by atoms with Crippen LogP contribution in [-0.4, -0.2) is 10.9 Å². The molecule has 92 valence electrons. The monoisotopic (exact) mass is 281 g/mol. The number of nitrogens with one attached hydrogen (secondary N) is 2. The standard InChI is InChI=1S/C12H9Cl2N3O/c13-8-5-9(14)7-10(6-8)16-17-12(18)11-3-1-2-4-15-11/h1-7,16H,(H,17,18). The fourth-order valence-electron chi connectivity index (χ4n) is 1.32. The molecule has 18 heavy (non-hydrogen) atoms. The highest BCUT2D eigenvalue weighted by Gasteiger charge is 2.05. The van der Waals surface area contributed by atoms with E-state index in [1.807, 2.05) is 0 Å². The van der Waals surface area contributed by atoms with Gasteiger partial charge in [-0.3, -0.25) is 20.6 Å². The van der Waals surface area contributed by atoms with Crippen molar-refractivity contribution in [2.75, 3.05) is 5.43 Å². The van der Waals surface area contributed by atoms with Crippen molar-refractivity contribution in [3.05, 3.63) is 58.3 Å². The molecule has 0 fully saturated rings. The van der Waals surface area contributed by atoms with E-state index < -0.39 is 0 Å². The van der Waals surface area contributed by atoms with Gasteiger partial charge in [0.2, 0.25) is 0 Å². The highest BCUT2D eigenvalue weighted by molar-refractivity contribution is 6.35. The Morgan fingerprint density at radius 2 is 1.83 bits per heavy atom. The van der Waals surface area contributed by atoms with E-state index in [4.69, 9.17) is 23.2 Å². The number of benzene rings is 1. The van der Waals surface area contributed by atoms with E-state index in [1.165, 1.54) is 0 Å². The van der Waals surface area contributed by atoms with Crippen molar-refractivity contribution in [2.24, 2.45) is 0 Å². The first-order valence-electron chi connectivity index (χ1n) is 5.08. The van der Waals surface area contributed by atoms with Crippen LogP contribution < -0.4 is 10.9 Å². The summed E-state index contributed by atoms with van der Waals surface area (Å²) < 4.78 is 0. The first-order chi connectivity index (χ1) is 8.65. The van der Waals surface area contributed by atoms with Gasteiger partial charge in [-0.1, -0.05) is 29.3 Å². The zero-order valence-electron chi connectivity index (χ0n) is 9.15. The minimum absolute atomic E-state index is 0.318. The smallest absolute Gasteiger partial charge is 0.288 e. The van der Waals surface area contributed by atoms with E-state index >= 15 is 0 Å². The Morgan fingerprint density at radius 1 is 1.11 bits per heavy atom. The molecule has 0 bridgehead atoms. The molecule has 0 saturated carbocycles. The van der Waals surface area contributed by atoms with Gasteiger partial charge in [-0.05, 0) is 30.3 Å². The van der Waals surface area contributed by atoms with Crippen molar-refractivity contribution in [1.82, 2.24) is 10.4 Å². The van der Waals surface area contributed by atoms with Crippen LogP contribution >= 0.6 is 23.2 Å². The van der Waals surface area contributed by atoms with Crippen LogP contribution in [0.15, 0.2) is 42.6 Å². The van der Waals surface area contributed by atoms with Gasteiger partial charge in [-0.2, -0.15) is 0 Å². The first kappa shape index (κ1) is 12.7. The van der Waals surface area contributed by atoms with Crippen LogP contribution in [0.5, 0.6) is 0 Å². The van der Waals surface area contributed by atoms with Gasteiger partial charge in [0.1, 0.15) is 5.69 Å². The molecular weight excluding hydrogens is 273 g/mol. The topological polar surface area (TPSA) is 54.0 Å². The number of hydrogen-bond acceptors (Lipinski definition) is 3. The van der Waals surface area contributed by atoms with E-state index in [0.29, 0.717) is 21.4 Å². The van der Waals surface area contributed by atoms with Gasteiger partial charge in [0.15, 0.2) is 0 Å². The Bertz CT molecular complexity index is 540. The number of carbonyl (C=O) groups excluding carboxylic acids is 1. The van der Waals surface area contributed by atoms with E-state index in [-0.39, 0.29) is 5.91 Å². The molecule has 6 heteroatoms. The molecule has 1 heterocycles. The number of aromatic nitrogens is 1. The molecule has 0 aliphatic heterocycles. The molecule has 0 spiro atoms. The van der Waals surface area contributed by atoms with Crippen molar-refractivity contribution >= 4 is 34.8 Å². The quantitative estimate of drug-likeness (QED) is 0.850. The maximum atomic E-state index is 11.7. The molecule has 4 nitrogen and oxygen atoms in total. The number of halogens is 2. The van der Waals surface area contributed by atoms with Crippen LogP contribution in [0.2, 0.25) is 10.0 Å². The number of hydrogen-bond donors (Lipinski definition) is 2. The molecule has 1 aromatic carbocycles. The second-order valence-electron chi connectivity index (χ2n) is 3.45. The summed E-state index contributed by atoms with van der Waals surface area (Å²) in [6.45, 7) is 0. The predicted molar refractivity (Wildman–Crippen MR) is 71.8 cm³/mol. The van der Waals surface area contributed by atoms with Crippen molar-refractivity contribution in [3.63, 3.8) is 0 Å². The van der Waals surface area contributed by atoms with Crippen molar-refractivity contribution < 1.29 is 4.79 Å².